The maximum Gasteiger partial charge on any atom is 0.298 e. The van der Waals surface area contributed by atoms with Gasteiger partial charge in [-0.2, -0.15) is 0 Å². The summed E-state index contributed by atoms with van der Waals surface area (Å²) in [7, 11) is 0. The Morgan fingerprint density at radius 2 is 2.00 bits per heavy atom. The van der Waals surface area contributed by atoms with Crippen LogP contribution in [-0.4, -0.2) is 19.5 Å². The summed E-state index contributed by atoms with van der Waals surface area (Å²) in [6.07, 6.45) is 5.04. The van der Waals surface area contributed by atoms with Gasteiger partial charge >= 0.3 is 0 Å². The number of pyridine rings is 1. The van der Waals surface area contributed by atoms with Gasteiger partial charge in [0, 0.05) is 19.3 Å². The molecule has 1 aliphatic rings. The second kappa shape index (κ2) is 4.68. The topological polar surface area (TPSA) is 84.8 Å². The van der Waals surface area contributed by atoms with E-state index in [2.05, 4.69) is 15.2 Å². The minimum absolute atomic E-state index is 0.00856. The predicted octanol–water partition coefficient (Wildman–Crippen LogP) is 1.96. The molecular formula is C12H13N5O2. The van der Waals surface area contributed by atoms with Crippen LogP contribution in [0.4, 0.5) is 11.4 Å². The lowest BCUT2D eigenvalue weighted by Gasteiger charge is -2.16. The van der Waals surface area contributed by atoms with Crippen molar-refractivity contribution in [1.82, 2.24) is 14.3 Å². The molecule has 0 unspecified atom stereocenters. The van der Waals surface area contributed by atoms with Crippen LogP contribution in [0.1, 0.15) is 12.8 Å². The zero-order valence-electron chi connectivity index (χ0n) is 10.2. The van der Waals surface area contributed by atoms with Crippen LogP contribution in [0.25, 0.3) is 0 Å². The standard InChI is InChI=1S/C12H13N5O2/c18-11-10(15-14-9-4-3-5-13-8-9)12(19)17-7-2-1-6-16(11)17/h3-5,8,18H,1-2,6-7H2/b15-14+. The normalized spacial score (nSPS) is 14.7. The van der Waals surface area contributed by atoms with Crippen molar-refractivity contribution in [2.75, 3.05) is 0 Å². The largest absolute Gasteiger partial charge is 0.492 e. The predicted molar refractivity (Wildman–Crippen MR) is 68.0 cm³/mol. The summed E-state index contributed by atoms with van der Waals surface area (Å²) >= 11 is 0. The van der Waals surface area contributed by atoms with E-state index in [9.17, 15) is 9.90 Å². The highest BCUT2D eigenvalue weighted by Crippen LogP contribution is 2.27. The van der Waals surface area contributed by atoms with Crippen LogP contribution in [0.5, 0.6) is 5.88 Å². The third kappa shape index (κ3) is 2.03. The lowest BCUT2D eigenvalue weighted by atomic mass is 10.3. The Morgan fingerprint density at radius 1 is 1.21 bits per heavy atom. The molecule has 0 amide bonds. The molecule has 7 nitrogen and oxygen atoms in total. The van der Waals surface area contributed by atoms with Crippen molar-refractivity contribution in [2.24, 2.45) is 10.2 Å². The lowest BCUT2D eigenvalue weighted by Crippen LogP contribution is -2.26. The minimum Gasteiger partial charge on any atom is -0.492 e. The van der Waals surface area contributed by atoms with Gasteiger partial charge in [-0.15, -0.1) is 10.2 Å². The number of hydrogen-bond donors (Lipinski definition) is 1. The van der Waals surface area contributed by atoms with Crippen molar-refractivity contribution in [1.29, 1.82) is 0 Å². The highest BCUT2D eigenvalue weighted by atomic mass is 16.3. The van der Waals surface area contributed by atoms with E-state index in [4.69, 9.17) is 0 Å². The zero-order chi connectivity index (χ0) is 13.2. The number of nitrogens with zero attached hydrogens (tertiary/aromatic N) is 5. The summed E-state index contributed by atoms with van der Waals surface area (Å²) in [6, 6.07) is 3.45. The van der Waals surface area contributed by atoms with E-state index in [-0.39, 0.29) is 17.1 Å². The molecule has 98 valence electrons. The van der Waals surface area contributed by atoms with Gasteiger partial charge in [0.1, 0.15) is 5.69 Å². The third-order valence-electron chi connectivity index (χ3n) is 3.09. The SMILES string of the molecule is O=c1c(/N=N/c2cccnc2)c(O)n2n1CCCC2. The Balaban J connectivity index is 2.00. The van der Waals surface area contributed by atoms with Crippen molar-refractivity contribution in [3.63, 3.8) is 0 Å². The maximum absolute atomic E-state index is 12.1. The highest BCUT2D eigenvalue weighted by molar-refractivity contribution is 5.45. The van der Waals surface area contributed by atoms with Crippen LogP contribution in [0.15, 0.2) is 39.5 Å². The Bertz CT molecular complexity index is 671. The summed E-state index contributed by atoms with van der Waals surface area (Å²) in [5.74, 6) is -0.114. The Kier molecular flexibility index (Phi) is 2.86. The molecule has 0 saturated carbocycles. The summed E-state index contributed by atoms with van der Waals surface area (Å²) in [5, 5.41) is 17.8. The Morgan fingerprint density at radius 3 is 2.68 bits per heavy atom. The molecule has 0 radical (unpaired) electrons. The summed E-state index contributed by atoms with van der Waals surface area (Å²) < 4.78 is 3.07. The Labute approximate surface area is 108 Å². The maximum atomic E-state index is 12.1. The molecule has 3 heterocycles. The van der Waals surface area contributed by atoms with E-state index in [0.29, 0.717) is 18.8 Å². The van der Waals surface area contributed by atoms with Crippen LogP contribution in [0.2, 0.25) is 0 Å². The molecule has 3 rings (SSSR count). The average molecular weight is 259 g/mol. The molecule has 0 aromatic carbocycles. The van der Waals surface area contributed by atoms with E-state index < -0.39 is 0 Å². The molecule has 1 aliphatic heterocycles. The number of fused-ring (bicyclic) bond motifs is 1. The van der Waals surface area contributed by atoms with Gasteiger partial charge in [0.15, 0.2) is 0 Å². The van der Waals surface area contributed by atoms with Crippen LogP contribution in [-0.2, 0) is 13.1 Å². The smallest absolute Gasteiger partial charge is 0.298 e. The van der Waals surface area contributed by atoms with Crippen molar-refractivity contribution in [2.45, 2.75) is 25.9 Å². The van der Waals surface area contributed by atoms with E-state index in [1.807, 2.05) is 0 Å². The van der Waals surface area contributed by atoms with E-state index in [1.54, 1.807) is 23.0 Å². The molecule has 0 aliphatic carbocycles. The van der Waals surface area contributed by atoms with Crippen LogP contribution >= 0.6 is 0 Å². The molecule has 1 N–H and O–H groups in total. The summed E-state index contributed by atoms with van der Waals surface area (Å²) in [4.78, 5) is 16.0. The van der Waals surface area contributed by atoms with Gasteiger partial charge in [-0.05, 0) is 25.0 Å². The molecule has 0 saturated heterocycles. The highest BCUT2D eigenvalue weighted by Gasteiger charge is 2.21. The van der Waals surface area contributed by atoms with E-state index in [0.717, 1.165) is 12.8 Å². The van der Waals surface area contributed by atoms with Gasteiger partial charge < -0.3 is 5.11 Å². The number of aromatic hydroxyl groups is 1. The van der Waals surface area contributed by atoms with E-state index >= 15 is 0 Å². The first-order valence-electron chi connectivity index (χ1n) is 6.12. The van der Waals surface area contributed by atoms with Gasteiger partial charge in [-0.25, -0.2) is 9.36 Å². The van der Waals surface area contributed by atoms with Crippen molar-refractivity contribution in [3.8, 4) is 5.88 Å². The Hall–Kier alpha value is -2.44. The first kappa shape index (κ1) is 11.6. The molecule has 19 heavy (non-hydrogen) atoms. The fraction of sp³-hybridized carbons (Fsp3) is 0.333. The molecule has 2 aromatic rings. The van der Waals surface area contributed by atoms with Gasteiger partial charge in [0.25, 0.3) is 5.56 Å². The first-order chi connectivity index (χ1) is 9.27. The quantitative estimate of drug-likeness (QED) is 0.836. The molecule has 7 heteroatoms. The molecular weight excluding hydrogens is 246 g/mol. The van der Waals surface area contributed by atoms with Gasteiger partial charge in [-0.1, -0.05) is 0 Å². The van der Waals surface area contributed by atoms with Gasteiger partial charge in [0.05, 0.1) is 6.20 Å². The molecule has 2 aromatic heterocycles. The monoisotopic (exact) mass is 259 g/mol. The fourth-order valence-electron chi connectivity index (χ4n) is 2.14. The van der Waals surface area contributed by atoms with Crippen molar-refractivity contribution >= 4 is 11.4 Å². The summed E-state index contributed by atoms with van der Waals surface area (Å²) in [6.45, 7) is 1.23. The fourth-order valence-corrected chi connectivity index (χ4v) is 2.14. The first-order valence-corrected chi connectivity index (χ1v) is 6.12. The van der Waals surface area contributed by atoms with E-state index in [1.165, 1.54) is 10.9 Å². The van der Waals surface area contributed by atoms with Crippen molar-refractivity contribution in [3.05, 3.63) is 34.9 Å². The number of aromatic nitrogens is 3. The summed E-state index contributed by atoms with van der Waals surface area (Å²) in [5.41, 5.74) is 0.228. The van der Waals surface area contributed by atoms with Crippen LogP contribution in [0, 0.1) is 0 Å². The second-order valence-corrected chi connectivity index (χ2v) is 4.34. The lowest BCUT2D eigenvalue weighted by molar-refractivity contribution is 0.305. The van der Waals surface area contributed by atoms with Gasteiger partial charge in [0.2, 0.25) is 11.6 Å². The third-order valence-corrected chi connectivity index (χ3v) is 3.09. The van der Waals surface area contributed by atoms with Gasteiger partial charge in [-0.3, -0.25) is 9.78 Å². The number of azo groups is 1. The molecule has 0 spiro atoms. The molecule has 0 fully saturated rings. The molecule has 0 atom stereocenters. The van der Waals surface area contributed by atoms with Crippen LogP contribution in [0.3, 0.4) is 0 Å². The number of rotatable bonds is 2. The molecule has 0 bridgehead atoms. The zero-order valence-corrected chi connectivity index (χ0v) is 10.2. The average Bonchev–Trinajstić information content (AvgIpc) is 2.71. The number of hydrogen-bond acceptors (Lipinski definition) is 5. The van der Waals surface area contributed by atoms with Crippen molar-refractivity contribution < 1.29 is 5.11 Å². The second-order valence-electron chi connectivity index (χ2n) is 4.34. The minimum atomic E-state index is -0.301. The van der Waals surface area contributed by atoms with Crippen LogP contribution < -0.4 is 5.56 Å².